The summed E-state index contributed by atoms with van der Waals surface area (Å²) in [6.45, 7) is 1.60. The van der Waals surface area contributed by atoms with Gasteiger partial charge in [-0.25, -0.2) is 0 Å². The van der Waals surface area contributed by atoms with Crippen LogP contribution in [-0.4, -0.2) is 26.7 Å². The Kier molecular flexibility index (Phi) is 3.77. The van der Waals surface area contributed by atoms with E-state index in [0.29, 0.717) is 0 Å². The maximum absolute atomic E-state index is 11.1. The van der Waals surface area contributed by atoms with Crippen LogP contribution < -0.4 is 7.22 Å². The Balaban J connectivity index is 2.14. The Morgan fingerprint density at radius 2 is 1.44 bits per heavy atom. The summed E-state index contributed by atoms with van der Waals surface area (Å²) in [5.74, 6) is 0.131. The van der Waals surface area contributed by atoms with Gasteiger partial charge in [0.1, 0.15) is 0 Å². The number of rotatable bonds is 3. The van der Waals surface area contributed by atoms with Crippen LogP contribution in [0.3, 0.4) is 0 Å². The fraction of sp³-hybridized carbons (Fsp3) is 0.0714. The van der Waals surface area contributed by atoms with Crippen LogP contribution in [0, 0.1) is 0 Å². The predicted octanol–water partition coefficient (Wildman–Crippen LogP) is 1.54. The average Bonchev–Trinajstić information content (AvgIpc) is 2.31. The zero-order chi connectivity index (χ0) is 11.4. The number of Topliss-reactive ketones (excluding diaryl/α,β-unsaturated/α-hetero) is 1. The van der Waals surface area contributed by atoms with E-state index in [1.165, 1.54) is 7.22 Å². The first-order valence-corrected chi connectivity index (χ1v) is 7.42. The molecule has 0 saturated carbocycles. The first-order valence-electron chi connectivity index (χ1n) is 5.09. The summed E-state index contributed by atoms with van der Waals surface area (Å²) >= 11 is -0.303. The van der Waals surface area contributed by atoms with Crippen molar-refractivity contribution in [2.75, 3.05) is 0 Å². The van der Waals surface area contributed by atoms with E-state index in [-0.39, 0.29) is 26.7 Å². The summed E-state index contributed by atoms with van der Waals surface area (Å²) < 4.78 is 2.78. The van der Waals surface area contributed by atoms with Gasteiger partial charge >= 0.3 is 106 Å². The molecule has 0 bridgehead atoms. The molecule has 0 saturated heterocycles. The van der Waals surface area contributed by atoms with Crippen LogP contribution in [0.25, 0.3) is 0 Å². The SMILES string of the molecule is CC(=O)c1ccc([Te]c2ccccc2)cc1. The zero-order valence-electron chi connectivity index (χ0n) is 9.01. The molecular weight excluding hydrogens is 312 g/mol. The fourth-order valence-corrected chi connectivity index (χ4v) is 3.77. The molecule has 0 unspecified atom stereocenters. The molecule has 0 heterocycles. The first-order chi connectivity index (χ1) is 7.75. The van der Waals surface area contributed by atoms with E-state index in [2.05, 4.69) is 36.4 Å². The fourth-order valence-electron chi connectivity index (χ4n) is 1.38. The molecule has 0 aliphatic rings. The first kappa shape index (κ1) is 11.4. The Bertz CT molecular complexity index is 474. The van der Waals surface area contributed by atoms with Gasteiger partial charge in [-0.2, -0.15) is 0 Å². The molecule has 0 fully saturated rings. The van der Waals surface area contributed by atoms with E-state index < -0.39 is 0 Å². The van der Waals surface area contributed by atoms with Crippen molar-refractivity contribution >= 4 is 33.9 Å². The van der Waals surface area contributed by atoms with E-state index in [1.54, 1.807) is 6.92 Å². The molecule has 2 aromatic rings. The number of ketones is 1. The molecule has 0 aliphatic heterocycles. The van der Waals surface area contributed by atoms with E-state index in [9.17, 15) is 4.79 Å². The molecule has 0 aliphatic carbocycles. The number of benzene rings is 2. The van der Waals surface area contributed by atoms with E-state index in [4.69, 9.17) is 0 Å². The Morgan fingerprint density at radius 3 is 2.00 bits per heavy atom. The molecule has 0 amide bonds. The van der Waals surface area contributed by atoms with Crippen molar-refractivity contribution in [3.05, 3.63) is 60.2 Å². The quantitative estimate of drug-likeness (QED) is 0.618. The maximum atomic E-state index is 11.1. The van der Waals surface area contributed by atoms with Crippen molar-refractivity contribution in [3.63, 3.8) is 0 Å². The molecular formula is C14H12OTe. The van der Waals surface area contributed by atoms with Gasteiger partial charge in [-0.05, 0) is 0 Å². The van der Waals surface area contributed by atoms with Crippen LogP contribution in [0.2, 0.25) is 0 Å². The topological polar surface area (TPSA) is 17.1 Å². The van der Waals surface area contributed by atoms with Gasteiger partial charge in [0.25, 0.3) is 0 Å². The third kappa shape index (κ3) is 2.95. The number of carbonyl (C=O) groups excluding carboxylic acids is 1. The van der Waals surface area contributed by atoms with Crippen LogP contribution in [0.1, 0.15) is 17.3 Å². The van der Waals surface area contributed by atoms with Crippen molar-refractivity contribution in [1.29, 1.82) is 0 Å². The molecule has 16 heavy (non-hydrogen) atoms. The minimum absolute atomic E-state index is 0.131. The van der Waals surface area contributed by atoms with Crippen molar-refractivity contribution in [1.82, 2.24) is 0 Å². The van der Waals surface area contributed by atoms with Crippen molar-refractivity contribution < 1.29 is 4.79 Å². The van der Waals surface area contributed by atoms with Gasteiger partial charge in [-0.3, -0.25) is 0 Å². The molecule has 0 N–H and O–H groups in total. The zero-order valence-corrected chi connectivity index (χ0v) is 11.3. The molecule has 0 aromatic heterocycles. The Hall–Kier alpha value is -1.10. The van der Waals surface area contributed by atoms with Gasteiger partial charge in [0, 0.05) is 0 Å². The van der Waals surface area contributed by atoms with Crippen molar-refractivity contribution in [2.45, 2.75) is 6.92 Å². The molecule has 0 radical (unpaired) electrons. The molecule has 2 aromatic carbocycles. The second kappa shape index (κ2) is 5.30. The van der Waals surface area contributed by atoms with Crippen LogP contribution >= 0.6 is 0 Å². The molecule has 0 spiro atoms. The number of hydrogen-bond acceptors (Lipinski definition) is 1. The van der Waals surface area contributed by atoms with Gasteiger partial charge in [0.15, 0.2) is 0 Å². The summed E-state index contributed by atoms with van der Waals surface area (Å²) in [5, 5.41) is 0. The Morgan fingerprint density at radius 1 is 0.875 bits per heavy atom. The van der Waals surface area contributed by atoms with Crippen molar-refractivity contribution in [3.8, 4) is 0 Å². The van der Waals surface area contributed by atoms with Gasteiger partial charge in [0.2, 0.25) is 0 Å². The molecule has 0 atom stereocenters. The summed E-state index contributed by atoms with van der Waals surface area (Å²) in [7, 11) is 0. The molecule has 1 nitrogen and oxygen atoms in total. The summed E-state index contributed by atoms with van der Waals surface area (Å²) in [6, 6.07) is 18.5. The van der Waals surface area contributed by atoms with E-state index >= 15 is 0 Å². The number of hydrogen-bond donors (Lipinski definition) is 0. The van der Waals surface area contributed by atoms with Gasteiger partial charge in [-0.1, -0.05) is 0 Å². The third-order valence-corrected chi connectivity index (χ3v) is 5.14. The second-order valence-electron chi connectivity index (χ2n) is 3.50. The minimum atomic E-state index is -0.303. The van der Waals surface area contributed by atoms with Gasteiger partial charge < -0.3 is 0 Å². The third-order valence-electron chi connectivity index (χ3n) is 2.24. The van der Waals surface area contributed by atoms with Crippen LogP contribution in [0.5, 0.6) is 0 Å². The predicted molar refractivity (Wildman–Crippen MR) is 67.9 cm³/mol. The molecule has 2 heteroatoms. The van der Waals surface area contributed by atoms with E-state index in [0.717, 1.165) is 5.56 Å². The van der Waals surface area contributed by atoms with Crippen LogP contribution in [0.4, 0.5) is 0 Å². The van der Waals surface area contributed by atoms with E-state index in [1.807, 2.05) is 18.2 Å². The van der Waals surface area contributed by atoms with Gasteiger partial charge in [0.05, 0.1) is 0 Å². The normalized spacial score (nSPS) is 10.1. The summed E-state index contributed by atoms with van der Waals surface area (Å²) in [4.78, 5) is 11.1. The average molecular weight is 324 g/mol. The summed E-state index contributed by atoms with van der Waals surface area (Å²) in [5.41, 5.74) is 0.796. The van der Waals surface area contributed by atoms with Crippen LogP contribution in [-0.2, 0) is 0 Å². The summed E-state index contributed by atoms with van der Waals surface area (Å²) in [6.07, 6.45) is 0. The number of carbonyl (C=O) groups is 1. The standard InChI is InChI=1S/C14H12OTe/c1-11(15)12-7-9-14(10-8-12)16-13-5-3-2-4-6-13/h2-10H,1H3. The van der Waals surface area contributed by atoms with Crippen molar-refractivity contribution in [2.24, 2.45) is 0 Å². The molecule has 2 rings (SSSR count). The molecule has 80 valence electrons. The Labute approximate surface area is 106 Å². The second-order valence-corrected chi connectivity index (χ2v) is 6.77. The van der Waals surface area contributed by atoms with Gasteiger partial charge in [-0.15, -0.1) is 0 Å². The monoisotopic (exact) mass is 326 g/mol. The van der Waals surface area contributed by atoms with Crippen LogP contribution in [0.15, 0.2) is 54.6 Å².